The highest BCUT2D eigenvalue weighted by atomic mass is 19.4. The van der Waals surface area contributed by atoms with E-state index in [0.29, 0.717) is 38.9 Å². The predicted molar refractivity (Wildman–Crippen MR) is 38.8 cm³/mol. The molecule has 4 heteroatoms. The molecular weight excluding hydrogens is 167 g/mol. The maximum absolute atomic E-state index is 12.6. The first-order valence-electron chi connectivity index (χ1n) is 4.33. The SMILES string of the molecule is FC(F)(F)C12CCN(CC1)CC2. The van der Waals surface area contributed by atoms with E-state index >= 15 is 0 Å². The molecule has 70 valence electrons. The molecule has 3 aliphatic heterocycles. The second kappa shape index (κ2) is 2.37. The van der Waals surface area contributed by atoms with Crippen molar-refractivity contribution in [1.82, 2.24) is 4.90 Å². The topological polar surface area (TPSA) is 3.24 Å². The number of hydrogen-bond acceptors (Lipinski definition) is 1. The standard InChI is InChI=1S/C8H12F3N/c9-8(10,11)7-1-4-12(5-2-7)6-3-7/h1-6H2. The third-order valence-corrected chi connectivity index (χ3v) is 3.32. The molecule has 0 aliphatic carbocycles. The molecule has 0 saturated carbocycles. The van der Waals surface area contributed by atoms with E-state index in [-0.39, 0.29) is 0 Å². The molecular formula is C8H12F3N. The van der Waals surface area contributed by atoms with Gasteiger partial charge in [0.1, 0.15) is 0 Å². The van der Waals surface area contributed by atoms with E-state index in [9.17, 15) is 13.2 Å². The van der Waals surface area contributed by atoms with E-state index in [1.54, 1.807) is 0 Å². The van der Waals surface area contributed by atoms with Gasteiger partial charge in [0.25, 0.3) is 0 Å². The van der Waals surface area contributed by atoms with Crippen molar-refractivity contribution in [2.45, 2.75) is 25.4 Å². The Kier molecular flexibility index (Phi) is 1.65. The maximum Gasteiger partial charge on any atom is 0.394 e. The van der Waals surface area contributed by atoms with Crippen molar-refractivity contribution in [3.63, 3.8) is 0 Å². The van der Waals surface area contributed by atoms with E-state index in [1.165, 1.54) is 0 Å². The lowest BCUT2D eigenvalue weighted by molar-refractivity contribution is -0.253. The van der Waals surface area contributed by atoms with Crippen LogP contribution < -0.4 is 0 Å². The highest BCUT2D eigenvalue weighted by Crippen LogP contribution is 2.51. The molecule has 2 bridgehead atoms. The molecule has 12 heavy (non-hydrogen) atoms. The predicted octanol–water partition coefficient (Wildman–Crippen LogP) is 2.03. The Hall–Kier alpha value is -0.250. The number of rotatable bonds is 0. The minimum Gasteiger partial charge on any atom is -0.303 e. The number of halogens is 3. The summed E-state index contributed by atoms with van der Waals surface area (Å²) in [6.45, 7) is 1.92. The summed E-state index contributed by atoms with van der Waals surface area (Å²) in [5, 5.41) is 0. The Bertz CT molecular complexity index is 165. The van der Waals surface area contributed by atoms with Gasteiger partial charge in [-0.05, 0) is 38.9 Å². The second-order valence-corrected chi connectivity index (χ2v) is 3.87. The number of piperidine rings is 3. The summed E-state index contributed by atoms with van der Waals surface area (Å²) >= 11 is 0. The van der Waals surface area contributed by atoms with Crippen LogP contribution >= 0.6 is 0 Å². The fraction of sp³-hybridized carbons (Fsp3) is 1.00. The highest BCUT2D eigenvalue weighted by Gasteiger charge is 2.57. The van der Waals surface area contributed by atoms with Crippen molar-refractivity contribution in [3.8, 4) is 0 Å². The normalized spacial score (nSPS) is 41.8. The molecule has 0 aromatic carbocycles. The van der Waals surface area contributed by atoms with Crippen molar-refractivity contribution < 1.29 is 13.2 Å². The molecule has 0 aromatic rings. The molecule has 0 atom stereocenters. The molecule has 0 amide bonds. The second-order valence-electron chi connectivity index (χ2n) is 3.87. The summed E-state index contributed by atoms with van der Waals surface area (Å²) in [6.07, 6.45) is -3.02. The van der Waals surface area contributed by atoms with Gasteiger partial charge in [-0.3, -0.25) is 0 Å². The van der Waals surface area contributed by atoms with Crippen LogP contribution in [0.5, 0.6) is 0 Å². The summed E-state index contributed by atoms with van der Waals surface area (Å²) < 4.78 is 37.8. The average Bonchev–Trinajstić information content (AvgIpc) is 2.06. The molecule has 1 nitrogen and oxygen atoms in total. The Morgan fingerprint density at radius 1 is 0.917 bits per heavy atom. The summed E-state index contributed by atoms with van der Waals surface area (Å²) in [6, 6.07) is 0. The lowest BCUT2D eigenvalue weighted by Gasteiger charge is -2.48. The number of alkyl halides is 3. The molecule has 0 radical (unpaired) electrons. The van der Waals surface area contributed by atoms with Crippen LogP contribution in [0.2, 0.25) is 0 Å². The van der Waals surface area contributed by atoms with Crippen LogP contribution in [-0.4, -0.2) is 30.7 Å². The van der Waals surface area contributed by atoms with Crippen molar-refractivity contribution in [2.24, 2.45) is 5.41 Å². The van der Waals surface area contributed by atoms with E-state index in [2.05, 4.69) is 4.90 Å². The van der Waals surface area contributed by atoms with Crippen LogP contribution in [0.3, 0.4) is 0 Å². The van der Waals surface area contributed by atoms with Gasteiger partial charge in [0.15, 0.2) is 0 Å². The van der Waals surface area contributed by atoms with Gasteiger partial charge in [-0.25, -0.2) is 0 Å². The maximum atomic E-state index is 12.6. The van der Waals surface area contributed by atoms with Gasteiger partial charge >= 0.3 is 6.18 Å². The molecule has 3 saturated heterocycles. The largest absolute Gasteiger partial charge is 0.394 e. The zero-order chi connectivity index (χ0) is 8.82. The minimum atomic E-state index is -3.97. The first-order valence-corrected chi connectivity index (χ1v) is 4.33. The number of fused-ring (bicyclic) bond motifs is 3. The van der Waals surface area contributed by atoms with Crippen LogP contribution in [0.1, 0.15) is 19.3 Å². The van der Waals surface area contributed by atoms with Gasteiger partial charge in [-0.1, -0.05) is 0 Å². The van der Waals surface area contributed by atoms with Crippen LogP contribution in [0.15, 0.2) is 0 Å². The molecule has 3 aliphatic rings. The summed E-state index contributed by atoms with van der Waals surface area (Å²) in [4.78, 5) is 2.12. The van der Waals surface area contributed by atoms with Gasteiger partial charge in [-0.15, -0.1) is 0 Å². The molecule has 0 spiro atoms. The summed E-state index contributed by atoms with van der Waals surface area (Å²) in [5.41, 5.74) is -1.32. The van der Waals surface area contributed by atoms with Crippen molar-refractivity contribution >= 4 is 0 Å². The zero-order valence-electron chi connectivity index (χ0n) is 6.82. The zero-order valence-corrected chi connectivity index (χ0v) is 6.82. The van der Waals surface area contributed by atoms with Crippen LogP contribution in [-0.2, 0) is 0 Å². The average molecular weight is 179 g/mol. The van der Waals surface area contributed by atoms with Gasteiger partial charge in [0.05, 0.1) is 5.41 Å². The third kappa shape index (κ3) is 1.04. The molecule has 0 N–H and O–H groups in total. The fourth-order valence-electron chi connectivity index (χ4n) is 2.25. The van der Waals surface area contributed by atoms with Crippen LogP contribution in [0.25, 0.3) is 0 Å². The Labute approximate surface area is 69.5 Å². The first kappa shape index (κ1) is 8.35. The van der Waals surface area contributed by atoms with Crippen molar-refractivity contribution in [2.75, 3.05) is 19.6 Å². The smallest absolute Gasteiger partial charge is 0.303 e. The van der Waals surface area contributed by atoms with Gasteiger partial charge in [0.2, 0.25) is 0 Å². The first-order chi connectivity index (χ1) is 5.54. The van der Waals surface area contributed by atoms with E-state index in [0.717, 1.165) is 0 Å². The molecule has 0 unspecified atom stereocenters. The molecule has 0 aromatic heterocycles. The van der Waals surface area contributed by atoms with Crippen molar-refractivity contribution in [3.05, 3.63) is 0 Å². The van der Waals surface area contributed by atoms with Crippen LogP contribution in [0, 0.1) is 5.41 Å². The number of nitrogens with zero attached hydrogens (tertiary/aromatic N) is 1. The molecule has 3 rings (SSSR count). The summed E-state index contributed by atoms with van der Waals surface area (Å²) in [5.74, 6) is 0. The van der Waals surface area contributed by atoms with E-state index in [4.69, 9.17) is 0 Å². The van der Waals surface area contributed by atoms with Gasteiger partial charge in [-0.2, -0.15) is 13.2 Å². The van der Waals surface area contributed by atoms with E-state index in [1.807, 2.05) is 0 Å². The lowest BCUT2D eigenvalue weighted by Crippen LogP contribution is -2.54. The number of hydrogen-bond donors (Lipinski definition) is 0. The highest BCUT2D eigenvalue weighted by molar-refractivity contribution is 4.96. The monoisotopic (exact) mass is 179 g/mol. The van der Waals surface area contributed by atoms with Crippen molar-refractivity contribution in [1.29, 1.82) is 0 Å². The molecule has 3 heterocycles. The molecule has 3 fully saturated rings. The summed E-state index contributed by atoms with van der Waals surface area (Å²) in [7, 11) is 0. The third-order valence-electron chi connectivity index (χ3n) is 3.32. The Morgan fingerprint density at radius 2 is 1.33 bits per heavy atom. The van der Waals surface area contributed by atoms with E-state index < -0.39 is 11.6 Å². The quantitative estimate of drug-likeness (QED) is 0.550. The minimum absolute atomic E-state index is 0.316. The fourth-order valence-corrected chi connectivity index (χ4v) is 2.25. The Morgan fingerprint density at radius 3 is 1.58 bits per heavy atom. The van der Waals surface area contributed by atoms with Gasteiger partial charge < -0.3 is 4.90 Å². The lowest BCUT2D eigenvalue weighted by atomic mass is 9.71. The Balaban J connectivity index is 2.19. The van der Waals surface area contributed by atoms with Gasteiger partial charge in [0, 0.05) is 0 Å². The van der Waals surface area contributed by atoms with Crippen LogP contribution in [0.4, 0.5) is 13.2 Å².